The molecule has 5 nitrogen and oxygen atoms in total. The summed E-state index contributed by atoms with van der Waals surface area (Å²) in [6, 6.07) is 16.3. The molecule has 162 valence electrons. The van der Waals surface area contributed by atoms with Crippen molar-refractivity contribution in [1.29, 1.82) is 5.26 Å². The van der Waals surface area contributed by atoms with Crippen LogP contribution < -0.4 is 10.6 Å². The van der Waals surface area contributed by atoms with Crippen molar-refractivity contribution in [2.75, 3.05) is 11.1 Å². The zero-order chi connectivity index (χ0) is 22.7. The molecule has 32 heavy (non-hydrogen) atoms. The number of nitrogens with zero attached hydrogens (tertiary/aromatic N) is 1. The Labute approximate surface area is 200 Å². The predicted molar refractivity (Wildman–Crippen MR) is 128 cm³/mol. The highest BCUT2D eigenvalue weighted by atomic mass is 35.5. The largest absolute Gasteiger partial charge is 0.352 e. The van der Waals surface area contributed by atoms with Gasteiger partial charge in [-0.1, -0.05) is 47.1 Å². The molecule has 1 heterocycles. The Hall–Kier alpha value is -2.72. The van der Waals surface area contributed by atoms with Gasteiger partial charge in [0.25, 0.3) is 0 Å². The number of hydrogen-bond acceptors (Lipinski definition) is 5. The zero-order valence-corrected chi connectivity index (χ0v) is 19.3. The first-order valence-corrected chi connectivity index (χ1v) is 11.8. The Morgan fingerprint density at radius 2 is 1.75 bits per heavy atom. The lowest BCUT2D eigenvalue weighted by atomic mass is 9.77. The minimum Gasteiger partial charge on any atom is -0.352 e. The smallest absolute Gasteiger partial charge is 0.234 e. The third-order valence-electron chi connectivity index (χ3n) is 5.34. The number of nitrogens with one attached hydrogen (secondary N) is 2. The maximum absolute atomic E-state index is 12.8. The molecule has 2 aliphatic rings. The number of hydrogen-bond donors (Lipinski definition) is 2. The van der Waals surface area contributed by atoms with E-state index in [-0.39, 0.29) is 17.4 Å². The van der Waals surface area contributed by atoms with Crippen LogP contribution in [0.15, 0.2) is 70.4 Å². The van der Waals surface area contributed by atoms with Gasteiger partial charge in [-0.15, -0.1) is 0 Å². The van der Waals surface area contributed by atoms with E-state index >= 15 is 0 Å². The maximum atomic E-state index is 12.8. The molecule has 0 unspecified atom stereocenters. The van der Waals surface area contributed by atoms with Crippen LogP contribution in [0.2, 0.25) is 10.0 Å². The second-order valence-corrected chi connectivity index (χ2v) is 9.34. The van der Waals surface area contributed by atoms with E-state index in [2.05, 4.69) is 16.7 Å². The first-order valence-electron chi connectivity index (χ1n) is 10.1. The van der Waals surface area contributed by atoms with Gasteiger partial charge in [-0.2, -0.15) is 5.26 Å². The Balaban J connectivity index is 1.60. The topological polar surface area (TPSA) is 82.0 Å². The summed E-state index contributed by atoms with van der Waals surface area (Å²) in [5.41, 5.74) is 3.39. The SMILES string of the molecule is N#CC1=C(SCC(=O)Nc2ccc(Cl)cc2)NC2=C(C(=O)CCC2)[C@@H]1c1ccc(Cl)cc1. The number of carbonyl (C=O) groups is 2. The third kappa shape index (κ3) is 4.86. The minimum atomic E-state index is -0.469. The van der Waals surface area contributed by atoms with E-state index in [4.69, 9.17) is 23.2 Å². The fourth-order valence-corrected chi connectivity index (χ4v) is 5.01. The van der Waals surface area contributed by atoms with Crippen LogP contribution >= 0.6 is 35.0 Å². The van der Waals surface area contributed by atoms with Crippen molar-refractivity contribution >= 4 is 52.3 Å². The van der Waals surface area contributed by atoms with E-state index in [1.54, 1.807) is 36.4 Å². The number of Topliss-reactive ketones (excluding diaryl/α,β-unsaturated/α-hetero) is 1. The lowest BCUT2D eigenvalue weighted by Gasteiger charge is -2.33. The van der Waals surface area contributed by atoms with E-state index in [1.165, 1.54) is 11.8 Å². The molecular weight excluding hydrogens is 465 g/mol. The Bertz CT molecular complexity index is 1170. The molecule has 1 atom stereocenters. The number of anilines is 1. The fraction of sp³-hybridized carbons (Fsp3) is 0.208. The van der Waals surface area contributed by atoms with Crippen molar-refractivity contribution in [3.05, 3.63) is 86.0 Å². The molecule has 4 rings (SSSR count). The first kappa shape index (κ1) is 22.5. The standard InChI is InChI=1S/C24H19Cl2N3O2S/c25-15-6-4-14(5-7-15)22-18(12-27)24(29-19-2-1-3-20(30)23(19)22)32-13-21(31)28-17-10-8-16(26)9-11-17/h4-11,22,29H,1-3,13H2,(H,28,31)/t22-/m1/s1. The zero-order valence-electron chi connectivity index (χ0n) is 17.0. The van der Waals surface area contributed by atoms with Crippen LogP contribution in [0.1, 0.15) is 30.7 Å². The number of halogens is 2. The summed E-state index contributed by atoms with van der Waals surface area (Å²) in [4.78, 5) is 25.3. The summed E-state index contributed by atoms with van der Waals surface area (Å²) >= 11 is 13.2. The highest BCUT2D eigenvalue weighted by Crippen LogP contribution is 2.44. The van der Waals surface area contributed by atoms with Crippen LogP contribution in [-0.4, -0.2) is 17.4 Å². The number of nitriles is 1. The molecule has 0 saturated carbocycles. The average Bonchev–Trinajstić information content (AvgIpc) is 2.79. The summed E-state index contributed by atoms with van der Waals surface area (Å²) in [5.74, 6) is -0.509. The van der Waals surface area contributed by atoms with E-state index in [0.717, 1.165) is 24.1 Å². The first-order chi connectivity index (χ1) is 15.5. The number of carbonyl (C=O) groups excluding carboxylic acids is 2. The normalized spacial score (nSPS) is 18.0. The van der Waals surface area contributed by atoms with Crippen molar-refractivity contribution < 1.29 is 9.59 Å². The van der Waals surface area contributed by atoms with Gasteiger partial charge in [0.2, 0.25) is 5.91 Å². The third-order valence-corrected chi connectivity index (χ3v) is 6.86. The van der Waals surface area contributed by atoms with Gasteiger partial charge >= 0.3 is 0 Å². The molecule has 1 amide bonds. The Kier molecular flexibility index (Phi) is 6.90. The second-order valence-electron chi connectivity index (χ2n) is 7.48. The quantitative estimate of drug-likeness (QED) is 0.561. The van der Waals surface area contributed by atoms with Gasteiger partial charge in [0.05, 0.1) is 28.3 Å². The van der Waals surface area contributed by atoms with Gasteiger partial charge in [-0.05, 0) is 54.8 Å². The minimum absolute atomic E-state index is 0.0518. The number of allylic oxidation sites excluding steroid dienone is 3. The summed E-state index contributed by atoms with van der Waals surface area (Å²) in [5, 5.41) is 17.9. The number of amides is 1. The monoisotopic (exact) mass is 483 g/mol. The molecule has 0 saturated heterocycles. The van der Waals surface area contributed by atoms with Crippen LogP contribution in [-0.2, 0) is 9.59 Å². The van der Waals surface area contributed by atoms with Crippen molar-refractivity contribution in [2.45, 2.75) is 25.2 Å². The summed E-state index contributed by atoms with van der Waals surface area (Å²) < 4.78 is 0. The van der Waals surface area contributed by atoms with Gasteiger partial charge in [0, 0.05) is 33.4 Å². The van der Waals surface area contributed by atoms with Crippen molar-refractivity contribution in [3.63, 3.8) is 0 Å². The van der Waals surface area contributed by atoms with E-state index < -0.39 is 5.92 Å². The number of ketones is 1. The highest BCUT2D eigenvalue weighted by Gasteiger charge is 2.37. The molecule has 0 aromatic heterocycles. The van der Waals surface area contributed by atoms with Crippen molar-refractivity contribution in [1.82, 2.24) is 5.32 Å². The van der Waals surface area contributed by atoms with Gasteiger partial charge in [0.15, 0.2) is 5.78 Å². The molecule has 1 aliphatic carbocycles. The van der Waals surface area contributed by atoms with E-state index in [9.17, 15) is 14.9 Å². The van der Waals surface area contributed by atoms with Gasteiger partial charge < -0.3 is 10.6 Å². The lowest BCUT2D eigenvalue weighted by molar-refractivity contribution is -0.116. The molecular formula is C24H19Cl2N3O2S. The maximum Gasteiger partial charge on any atom is 0.234 e. The fourth-order valence-electron chi connectivity index (χ4n) is 3.89. The molecule has 0 bridgehead atoms. The van der Waals surface area contributed by atoms with Crippen LogP contribution in [0, 0.1) is 11.3 Å². The molecule has 2 aromatic rings. The number of rotatable bonds is 5. The van der Waals surface area contributed by atoms with Crippen LogP contribution in [0.5, 0.6) is 0 Å². The van der Waals surface area contributed by atoms with Gasteiger partial charge in [-0.25, -0.2) is 0 Å². The average molecular weight is 484 g/mol. The van der Waals surface area contributed by atoms with Crippen LogP contribution in [0.25, 0.3) is 0 Å². The summed E-state index contributed by atoms with van der Waals surface area (Å²) in [6.45, 7) is 0. The lowest BCUT2D eigenvalue weighted by Crippen LogP contribution is -2.31. The van der Waals surface area contributed by atoms with E-state index in [0.29, 0.717) is 38.3 Å². The van der Waals surface area contributed by atoms with Gasteiger partial charge in [-0.3, -0.25) is 9.59 Å². The summed E-state index contributed by atoms with van der Waals surface area (Å²) in [7, 11) is 0. The molecule has 0 spiro atoms. The highest BCUT2D eigenvalue weighted by molar-refractivity contribution is 8.03. The van der Waals surface area contributed by atoms with Crippen molar-refractivity contribution in [2.24, 2.45) is 0 Å². The second kappa shape index (κ2) is 9.83. The predicted octanol–water partition coefficient (Wildman–Crippen LogP) is 5.79. The van der Waals surface area contributed by atoms with Crippen LogP contribution in [0.4, 0.5) is 5.69 Å². The molecule has 1 aliphatic heterocycles. The van der Waals surface area contributed by atoms with Crippen LogP contribution in [0.3, 0.4) is 0 Å². The molecule has 2 N–H and O–H groups in total. The van der Waals surface area contributed by atoms with Crippen molar-refractivity contribution in [3.8, 4) is 6.07 Å². The van der Waals surface area contributed by atoms with E-state index in [1.807, 2.05) is 12.1 Å². The number of benzene rings is 2. The molecule has 2 aromatic carbocycles. The summed E-state index contributed by atoms with van der Waals surface area (Å²) in [6.07, 6.45) is 1.95. The molecule has 8 heteroatoms. The number of thioether (sulfide) groups is 1. The molecule has 0 radical (unpaired) electrons. The Morgan fingerprint density at radius 3 is 2.41 bits per heavy atom. The molecule has 0 fully saturated rings. The Morgan fingerprint density at radius 1 is 1.09 bits per heavy atom. The van der Waals surface area contributed by atoms with Gasteiger partial charge in [0.1, 0.15) is 0 Å². The number of dihydropyridines is 1.